The summed E-state index contributed by atoms with van der Waals surface area (Å²) in [5.74, 6) is 3.13. The summed E-state index contributed by atoms with van der Waals surface area (Å²) in [4.78, 5) is 18.4. The van der Waals surface area contributed by atoms with Crippen molar-refractivity contribution in [1.82, 2.24) is 29.6 Å². The van der Waals surface area contributed by atoms with E-state index in [1.165, 1.54) is 60.5 Å². The molecule has 3 fully saturated rings. The molecule has 0 radical (unpaired) electrons. The molecule has 2 saturated carbocycles. The lowest BCUT2D eigenvalue weighted by Gasteiger charge is -2.41. The minimum absolute atomic E-state index is 0.153. The highest BCUT2D eigenvalue weighted by atomic mass is 35.5. The average molecular weight is 536 g/mol. The predicted molar refractivity (Wildman–Crippen MR) is 149 cm³/mol. The second-order valence-electron chi connectivity index (χ2n) is 10.6. The van der Waals surface area contributed by atoms with Crippen molar-refractivity contribution < 1.29 is 0 Å². The van der Waals surface area contributed by atoms with Gasteiger partial charge < -0.3 is 16.0 Å². The van der Waals surface area contributed by atoms with Gasteiger partial charge in [0.05, 0.1) is 10.2 Å². The van der Waals surface area contributed by atoms with E-state index in [-0.39, 0.29) is 11.2 Å². The van der Waals surface area contributed by atoms with Crippen LogP contribution in [0.3, 0.4) is 0 Å². The third kappa shape index (κ3) is 4.20. The number of aryl methyl sites for hydroxylation is 1. The number of rotatable bonds is 5. The van der Waals surface area contributed by atoms with Crippen LogP contribution in [0, 0.1) is 18.8 Å². The van der Waals surface area contributed by atoms with E-state index in [2.05, 4.69) is 59.4 Å². The van der Waals surface area contributed by atoms with Gasteiger partial charge in [-0.1, -0.05) is 6.42 Å². The van der Waals surface area contributed by atoms with E-state index < -0.39 is 0 Å². The number of nitrogens with zero attached hydrogens (tertiary/aromatic N) is 7. The van der Waals surface area contributed by atoms with Crippen LogP contribution in [0.4, 0.5) is 23.3 Å². The Morgan fingerprint density at radius 3 is 2.57 bits per heavy atom. The second kappa shape index (κ2) is 9.11. The summed E-state index contributed by atoms with van der Waals surface area (Å²) in [7, 11) is 0. The molecule has 4 aromatic rings. The number of aromatic nitrogens is 5. The lowest BCUT2D eigenvalue weighted by Crippen LogP contribution is -2.51. The summed E-state index contributed by atoms with van der Waals surface area (Å²) in [5.41, 5.74) is 10.2. The topological polar surface area (TPSA) is 101 Å². The van der Waals surface area contributed by atoms with Gasteiger partial charge in [0.2, 0.25) is 17.2 Å². The van der Waals surface area contributed by atoms with Crippen molar-refractivity contribution in [3.8, 4) is 5.82 Å². The molecule has 0 amide bonds. The quantitative estimate of drug-likeness (QED) is 0.349. The van der Waals surface area contributed by atoms with Crippen LogP contribution in [-0.4, -0.2) is 61.9 Å². The Morgan fingerprint density at radius 2 is 1.84 bits per heavy atom. The lowest BCUT2D eigenvalue weighted by molar-refractivity contribution is 0.135. The maximum absolute atomic E-state index is 6.21. The molecule has 37 heavy (non-hydrogen) atoms. The zero-order valence-corrected chi connectivity index (χ0v) is 22.3. The number of thiophene rings is 1. The Balaban J connectivity index is 1.03. The van der Waals surface area contributed by atoms with Gasteiger partial charge in [0, 0.05) is 43.6 Å². The van der Waals surface area contributed by atoms with Crippen LogP contribution < -0.4 is 16.0 Å². The van der Waals surface area contributed by atoms with Crippen molar-refractivity contribution in [2.45, 2.75) is 38.6 Å². The van der Waals surface area contributed by atoms with E-state index in [1.54, 1.807) is 0 Å². The van der Waals surface area contributed by atoms with Crippen molar-refractivity contribution in [3.05, 3.63) is 40.5 Å². The fourth-order valence-electron chi connectivity index (χ4n) is 6.52. The number of anilines is 4. The first-order valence-corrected chi connectivity index (χ1v) is 14.3. The molecule has 7 rings (SSSR count). The molecule has 1 aromatic carbocycles. The van der Waals surface area contributed by atoms with E-state index in [9.17, 15) is 0 Å². The van der Waals surface area contributed by atoms with Crippen LogP contribution in [0.1, 0.15) is 31.2 Å². The van der Waals surface area contributed by atoms with Crippen molar-refractivity contribution in [2.75, 3.05) is 42.1 Å². The van der Waals surface area contributed by atoms with Gasteiger partial charge in [0.25, 0.3) is 0 Å². The maximum atomic E-state index is 6.21. The molecule has 3 unspecified atom stereocenters. The Kier molecular flexibility index (Phi) is 5.71. The molecular formula is C26H30ClN9S. The average Bonchev–Trinajstić information content (AvgIpc) is 3.70. The molecule has 4 heterocycles. The zero-order valence-electron chi connectivity index (χ0n) is 20.8. The Bertz CT molecular complexity index is 1440. The SMILES string of the molecule is Cc1csc2c(-n3nc(Nc4ccc(N5CCN(C6CC7CCC6C7)CC5)cc4)nc3N)nc(Cl)nc12. The third-order valence-corrected chi connectivity index (χ3v) is 9.60. The highest BCUT2D eigenvalue weighted by Gasteiger charge is 2.42. The molecule has 3 N–H and O–H groups in total. The molecular weight excluding hydrogens is 506 g/mol. The highest BCUT2D eigenvalue weighted by molar-refractivity contribution is 7.17. The van der Waals surface area contributed by atoms with Gasteiger partial charge in [0.15, 0.2) is 5.82 Å². The third-order valence-electron chi connectivity index (χ3n) is 8.35. The fraction of sp³-hybridized carbons (Fsp3) is 0.462. The minimum atomic E-state index is 0.153. The van der Waals surface area contributed by atoms with E-state index >= 15 is 0 Å². The van der Waals surface area contributed by atoms with E-state index in [0.717, 1.165) is 52.4 Å². The number of hydrogen-bond acceptors (Lipinski definition) is 9. The van der Waals surface area contributed by atoms with Crippen LogP contribution in [0.2, 0.25) is 5.28 Å². The maximum Gasteiger partial charge on any atom is 0.248 e. The number of hydrogen-bond donors (Lipinski definition) is 2. The normalized spacial score (nSPS) is 23.8. The molecule has 3 atom stereocenters. The van der Waals surface area contributed by atoms with Crippen molar-refractivity contribution >= 4 is 56.4 Å². The number of piperazine rings is 1. The molecule has 2 aliphatic carbocycles. The summed E-state index contributed by atoms with van der Waals surface area (Å²) < 4.78 is 2.38. The highest BCUT2D eigenvalue weighted by Crippen LogP contribution is 2.46. The van der Waals surface area contributed by atoms with Gasteiger partial charge in [-0.2, -0.15) is 14.6 Å². The molecule has 1 aliphatic heterocycles. The van der Waals surface area contributed by atoms with Crippen LogP contribution in [0.25, 0.3) is 16.0 Å². The lowest BCUT2D eigenvalue weighted by atomic mass is 9.93. The fourth-order valence-corrected chi connectivity index (χ4v) is 7.65. The smallest absolute Gasteiger partial charge is 0.248 e. The Labute approximate surface area is 224 Å². The van der Waals surface area contributed by atoms with Crippen LogP contribution in [-0.2, 0) is 0 Å². The first-order chi connectivity index (χ1) is 18.0. The van der Waals surface area contributed by atoms with Crippen LogP contribution >= 0.6 is 22.9 Å². The zero-order chi connectivity index (χ0) is 25.1. The Morgan fingerprint density at radius 1 is 1.03 bits per heavy atom. The van der Waals surface area contributed by atoms with Gasteiger partial charge >= 0.3 is 0 Å². The van der Waals surface area contributed by atoms with E-state index in [4.69, 9.17) is 17.3 Å². The molecule has 3 aromatic heterocycles. The Hall–Kier alpha value is -2.95. The van der Waals surface area contributed by atoms with E-state index in [1.807, 2.05) is 12.3 Å². The van der Waals surface area contributed by atoms with Crippen molar-refractivity contribution in [1.29, 1.82) is 0 Å². The van der Waals surface area contributed by atoms with Gasteiger partial charge in [-0.15, -0.1) is 16.4 Å². The van der Waals surface area contributed by atoms with Crippen molar-refractivity contribution in [2.24, 2.45) is 11.8 Å². The number of nitrogens with one attached hydrogen (secondary N) is 1. The summed E-state index contributed by atoms with van der Waals surface area (Å²) in [6.07, 6.45) is 5.83. The van der Waals surface area contributed by atoms with Gasteiger partial charge in [-0.3, -0.25) is 4.90 Å². The molecule has 11 heteroatoms. The number of nitrogen functional groups attached to an aromatic ring is 1. The minimum Gasteiger partial charge on any atom is -0.369 e. The van der Waals surface area contributed by atoms with Gasteiger partial charge in [-0.25, -0.2) is 4.98 Å². The summed E-state index contributed by atoms with van der Waals surface area (Å²) in [5, 5.41) is 10.0. The molecule has 0 spiro atoms. The number of fused-ring (bicyclic) bond motifs is 3. The monoisotopic (exact) mass is 535 g/mol. The first kappa shape index (κ1) is 23.2. The summed E-state index contributed by atoms with van der Waals surface area (Å²) in [6, 6.07) is 9.30. The largest absolute Gasteiger partial charge is 0.369 e. The molecule has 1 saturated heterocycles. The number of halogens is 1. The molecule has 2 bridgehead atoms. The number of benzene rings is 1. The predicted octanol–water partition coefficient (Wildman–Crippen LogP) is 4.87. The number of nitrogens with two attached hydrogens (primary N) is 1. The molecule has 192 valence electrons. The molecule has 9 nitrogen and oxygen atoms in total. The van der Waals surface area contributed by atoms with E-state index in [0.29, 0.717) is 11.8 Å². The summed E-state index contributed by atoms with van der Waals surface area (Å²) >= 11 is 7.72. The van der Waals surface area contributed by atoms with Crippen LogP contribution in [0.5, 0.6) is 0 Å². The van der Waals surface area contributed by atoms with Crippen LogP contribution in [0.15, 0.2) is 29.6 Å². The first-order valence-electron chi connectivity index (χ1n) is 13.0. The van der Waals surface area contributed by atoms with Gasteiger partial charge in [-0.05, 0) is 84.8 Å². The summed E-state index contributed by atoms with van der Waals surface area (Å²) in [6.45, 7) is 6.49. The standard InChI is InChI=1S/C26H30ClN9S/c1-15-14-37-22-21(15)30-24(27)31-23(22)36-25(28)32-26(33-36)29-18-4-6-19(7-5-18)34-8-10-35(11-9-34)20-13-16-2-3-17(20)12-16/h4-7,14,16-17,20H,2-3,8-13H2,1H3,(H3,28,29,32,33). The molecule has 3 aliphatic rings. The second-order valence-corrected chi connectivity index (χ2v) is 11.8. The van der Waals surface area contributed by atoms with Gasteiger partial charge in [0.1, 0.15) is 0 Å². The van der Waals surface area contributed by atoms with Crippen molar-refractivity contribution in [3.63, 3.8) is 0 Å².